The Morgan fingerprint density at radius 3 is 2.38 bits per heavy atom. The molecule has 0 spiro atoms. The van der Waals surface area contributed by atoms with Gasteiger partial charge in [-0.25, -0.2) is 0 Å². The number of nitrogens with one attached hydrogen (secondary N) is 1. The number of hydrogen-bond donors (Lipinski definition) is 2. The van der Waals surface area contributed by atoms with E-state index in [4.69, 9.17) is 5.73 Å². The maximum Gasteiger partial charge on any atom is 0.224 e. The highest BCUT2D eigenvalue weighted by Crippen LogP contribution is 2.17. The summed E-state index contributed by atoms with van der Waals surface area (Å²) in [5.41, 5.74) is 8.35. The predicted octanol–water partition coefficient (Wildman–Crippen LogP) is 2.96. The van der Waals surface area contributed by atoms with Gasteiger partial charge in [0.1, 0.15) is 0 Å². The molecular weight excluding hydrogens is 260 g/mol. The first-order valence-corrected chi connectivity index (χ1v) is 8.30. The highest BCUT2D eigenvalue weighted by Gasteiger charge is 2.19. The Hall–Kier alpha value is -1.35. The van der Waals surface area contributed by atoms with Gasteiger partial charge in [0.05, 0.1) is 6.42 Å². The molecule has 3 heteroatoms. The molecule has 3 nitrogen and oxygen atoms in total. The molecule has 1 aliphatic carbocycles. The molecule has 0 saturated heterocycles. The minimum absolute atomic E-state index is 0.136. The summed E-state index contributed by atoms with van der Waals surface area (Å²) < 4.78 is 0. The number of carbonyl (C=O) groups is 1. The Labute approximate surface area is 128 Å². The highest BCUT2D eigenvalue weighted by molar-refractivity contribution is 5.78. The van der Waals surface area contributed by atoms with Crippen molar-refractivity contribution in [2.75, 3.05) is 0 Å². The molecule has 0 heterocycles. The van der Waals surface area contributed by atoms with Crippen LogP contribution >= 0.6 is 0 Å². The Morgan fingerprint density at radius 1 is 1.14 bits per heavy atom. The Bertz CT molecular complexity index is 433. The molecule has 0 atom stereocenters. The second-order valence-electron chi connectivity index (χ2n) is 6.28. The van der Waals surface area contributed by atoms with E-state index in [0.717, 1.165) is 37.7 Å². The molecule has 0 aromatic heterocycles. The van der Waals surface area contributed by atoms with E-state index in [-0.39, 0.29) is 5.91 Å². The molecule has 0 bridgehead atoms. The summed E-state index contributed by atoms with van der Waals surface area (Å²) in [6.07, 6.45) is 8.14. The van der Waals surface area contributed by atoms with Crippen molar-refractivity contribution in [3.8, 4) is 0 Å². The smallest absolute Gasteiger partial charge is 0.224 e. The summed E-state index contributed by atoms with van der Waals surface area (Å²) in [7, 11) is 0. The van der Waals surface area contributed by atoms with E-state index in [1.54, 1.807) is 0 Å². The Kier molecular flexibility index (Phi) is 6.24. The molecule has 3 N–H and O–H groups in total. The van der Waals surface area contributed by atoms with Gasteiger partial charge in [-0.05, 0) is 49.7 Å². The molecule has 2 rings (SSSR count). The van der Waals surface area contributed by atoms with Crippen LogP contribution in [0.25, 0.3) is 0 Å². The number of nitrogens with two attached hydrogens (primary N) is 1. The minimum atomic E-state index is 0.136. The van der Waals surface area contributed by atoms with Crippen molar-refractivity contribution in [2.24, 2.45) is 5.73 Å². The fraction of sp³-hybridized carbons (Fsp3) is 0.611. The lowest BCUT2D eigenvalue weighted by Gasteiger charge is -2.26. The van der Waals surface area contributed by atoms with E-state index in [1.165, 1.54) is 18.4 Å². The molecule has 116 valence electrons. The summed E-state index contributed by atoms with van der Waals surface area (Å²) in [5.74, 6) is 0.136. The second-order valence-corrected chi connectivity index (χ2v) is 6.28. The highest BCUT2D eigenvalue weighted by atomic mass is 16.1. The van der Waals surface area contributed by atoms with Gasteiger partial charge in [0.25, 0.3) is 0 Å². The van der Waals surface area contributed by atoms with Crippen LogP contribution in [0, 0.1) is 0 Å². The Balaban J connectivity index is 1.77. The van der Waals surface area contributed by atoms with Crippen LogP contribution in [-0.4, -0.2) is 18.0 Å². The fourth-order valence-corrected chi connectivity index (χ4v) is 2.93. The first kappa shape index (κ1) is 16.0. The maximum absolute atomic E-state index is 12.1. The summed E-state index contributed by atoms with van der Waals surface area (Å²) >= 11 is 0. The van der Waals surface area contributed by atoms with Crippen LogP contribution in [0.2, 0.25) is 0 Å². The zero-order valence-electron chi connectivity index (χ0n) is 13.1. The van der Waals surface area contributed by atoms with Crippen LogP contribution in [0.15, 0.2) is 24.3 Å². The van der Waals surface area contributed by atoms with Crippen LogP contribution in [0.1, 0.15) is 56.6 Å². The maximum atomic E-state index is 12.1. The van der Waals surface area contributed by atoms with Crippen LogP contribution in [0.5, 0.6) is 0 Å². The zero-order valence-corrected chi connectivity index (χ0v) is 13.1. The lowest BCUT2D eigenvalue weighted by molar-refractivity contribution is -0.121. The van der Waals surface area contributed by atoms with Crippen LogP contribution < -0.4 is 11.1 Å². The predicted molar refractivity (Wildman–Crippen MR) is 87.1 cm³/mol. The number of rotatable bonds is 6. The number of unbranched alkanes of at least 4 members (excludes halogenated alkanes) is 1. The third-order valence-electron chi connectivity index (χ3n) is 4.34. The molecule has 1 aromatic carbocycles. The quantitative estimate of drug-likeness (QED) is 0.845. The van der Waals surface area contributed by atoms with Crippen molar-refractivity contribution in [1.29, 1.82) is 0 Å². The van der Waals surface area contributed by atoms with Crippen molar-refractivity contribution >= 4 is 5.91 Å². The van der Waals surface area contributed by atoms with Gasteiger partial charge in [0.2, 0.25) is 5.91 Å². The molecule has 1 saturated carbocycles. The van der Waals surface area contributed by atoms with Crippen LogP contribution in [0.3, 0.4) is 0 Å². The molecule has 21 heavy (non-hydrogen) atoms. The molecule has 0 radical (unpaired) electrons. The number of amides is 1. The fourth-order valence-electron chi connectivity index (χ4n) is 2.93. The number of hydrogen-bond acceptors (Lipinski definition) is 2. The van der Waals surface area contributed by atoms with Crippen LogP contribution in [-0.2, 0) is 17.6 Å². The number of carbonyl (C=O) groups excluding carboxylic acids is 1. The van der Waals surface area contributed by atoms with Gasteiger partial charge in [-0.15, -0.1) is 0 Å². The molecule has 1 aromatic rings. The average molecular weight is 288 g/mol. The van der Waals surface area contributed by atoms with E-state index in [0.29, 0.717) is 18.5 Å². The average Bonchev–Trinajstić information content (AvgIpc) is 2.49. The van der Waals surface area contributed by atoms with Gasteiger partial charge >= 0.3 is 0 Å². The van der Waals surface area contributed by atoms with Crippen molar-refractivity contribution in [3.63, 3.8) is 0 Å². The third-order valence-corrected chi connectivity index (χ3v) is 4.34. The van der Waals surface area contributed by atoms with Crippen molar-refractivity contribution in [3.05, 3.63) is 35.4 Å². The molecule has 1 amide bonds. The van der Waals surface area contributed by atoms with Gasteiger partial charge in [0, 0.05) is 12.1 Å². The largest absolute Gasteiger partial charge is 0.353 e. The van der Waals surface area contributed by atoms with Crippen molar-refractivity contribution in [2.45, 2.75) is 70.4 Å². The van der Waals surface area contributed by atoms with Gasteiger partial charge in [0.15, 0.2) is 0 Å². The van der Waals surface area contributed by atoms with E-state index < -0.39 is 0 Å². The lowest BCUT2D eigenvalue weighted by atomic mass is 9.91. The van der Waals surface area contributed by atoms with Crippen molar-refractivity contribution in [1.82, 2.24) is 5.32 Å². The lowest BCUT2D eigenvalue weighted by Crippen LogP contribution is -2.41. The van der Waals surface area contributed by atoms with E-state index in [9.17, 15) is 4.79 Å². The zero-order chi connectivity index (χ0) is 15.1. The molecule has 1 aliphatic rings. The van der Waals surface area contributed by atoms with E-state index in [2.05, 4.69) is 36.5 Å². The standard InChI is InChI=1S/C18H28N2O/c1-2-3-4-14-5-7-15(8-6-14)13-18(21)20-17-11-9-16(19)10-12-17/h5-8,16-17H,2-4,9-13,19H2,1H3,(H,20,21). The molecule has 0 aliphatic heterocycles. The second kappa shape index (κ2) is 8.18. The molecule has 0 unspecified atom stereocenters. The summed E-state index contributed by atoms with van der Waals surface area (Å²) in [6, 6.07) is 9.12. The summed E-state index contributed by atoms with van der Waals surface area (Å²) in [5, 5.41) is 3.14. The number of benzene rings is 1. The Morgan fingerprint density at radius 2 is 1.76 bits per heavy atom. The topological polar surface area (TPSA) is 55.1 Å². The van der Waals surface area contributed by atoms with E-state index >= 15 is 0 Å². The first-order valence-electron chi connectivity index (χ1n) is 8.30. The van der Waals surface area contributed by atoms with Gasteiger partial charge in [-0.2, -0.15) is 0 Å². The number of aryl methyl sites for hydroxylation is 1. The normalized spacial score (nSPS) is 22.0. The SMILES string of the molecule is CCCCc1ccc(CC(=O)NC2CCC(N)CC2)cc1. The van der Waals surface area contributed by atoms with Gasteiger partial charge < -0.3 is 11.1 Å². The first-order chi connectivity index (χ1) is 10.2. The minimum Gasteiger partial charge on any atom is -0.353 e. The van der Waals surface area contributed by atoms with Gasteiger partial charge in [-0.1, -0.05) is 37.6 Å². The van der Waals surface area contributed by atoms with Crippen molar-refractivity contribution < 1.29 is 4.79 Å². The van der Waals surface area contributed by atoms with Gasteiger partial charge in [-0.3, -0.25) is 4.79 Å². The summed E-state index contributed by atoms with van der Waals surface area (Å²) in [4.78, 5) is 12.1. The third kappa shape index (κ3) is 5.50. The summed E-state index contributed by atoms with van der Waals surface area (Å²) in [6.45, 7) is 2.21. The molecular formula is C18H28N2O. The molecule has 1 fully saturated rings. The monoisotopic (exact) mass is 288 g/mol. The van der Waals surface area contributed by atoms with Crippen LogP contribution in [0.4, 0.5) is 0 Å². The van der Waals surface area contributed by atoms with E-state index in [1.807, 2.05) is 0 Å².